The van der Waals surface area contributed by atoms with Crippen LogP contribution in [0.3, 0.4) is 0 Å². The van der Waals surface area contributed by atoms with E-state index in [1.54, 1.807) is 6.07 Å². The molecule has 0 spiro atoms. The molecule has 0 amide bonds. The number of hydrogen-bond donors (Lipinski definition) is 1. The molecule has 2 heterocycles. The van der Waals surface area contributed by atoms with Crippen molar-refractivity contribution in [2.45, 2.75) is 67.7 Å². The van der Waals surface area contributed by atoms with Crippen molar-refractivity contribution in [3.8, 4) is 0 Å². The lowest BCUT2D eigenvalue weighted by molar-refractivity contribution is -0.144. The highest BCUT2D eigenvalue weighted by atomic mass is 32.2. The summed E-state index contributed by atoms with van der Waals surface area (Å²) in [5, 5.41) is 9.97. The first-order valence-corrected chi connectivity index (χ1v) is 17.1. The lowest BCUT2D eigenvalue weighted by Gasteiger charge is -2.35. The summed E-state index contributed by atoms with van der Waals surface area (Å²) in [6.45, 7) is 2.87. The van der Waals surface area contributed by atoms with Gasteiger partial charge >= 0.3 is 18.3 Å². The maximum Gasteiger partial charge on any atom is 0.416 e. The van der Waals surface area contributed by atoms with Gasteiger partial charge in [-0.15, -0.1) is 0 Å². The van der Waals surface area contributed by atoms with E-state index < -0.39 is 56.0 Å². The number of sulfone groups is 1. The SMILES string of the molecule is O=C(O)[C@@H](CC1CC1)N1C[C@H](CN2CCC(CCS(=O)(=O)c3cc(C(F)(F)F)cc(C(F)(F)F)c3)CC2)[C@@H](c2cccc(F)c2)C1. The number of aliphatic carboxylic acids is 1. The molecule has 2 aromatic carbocycles. The molecule has 3 aliphatic rings. The number of hydrogen-bond acceptors (Lipinski definition) is 5. The van der Waals surface area contributed by atoms with Crippen molar-refractivity contribution in [1.29, 1.82) is 0 Å². The largest absolute Gasteiger partial charge is 0.480 e. The summed E-state index contributed by atoms with van der Waals surface area (Å²) >= 11 is 0. The molecule has 6 nitrogen and oxygen atoms in total. The van der Waals surface area contributed by atoms with Gasteiger partial charge in [0.1, 0.15) is 11.9 Å². The van der Waals surface area contributed by atoms with E-state index in [-0.39, 0.29) is 48.2 Å². The maximum atomic E-state index is 14.2. The lowest BCUT2D eigenvalue weighted by Crippen LogP contribution is -2.42. The van der Waals surface area contributed by atoms with Crippen molar-refractivity contribution in [3.05, 3.63) is 65.0 Å². The van der Waals surface area contributed by atoms with Gasteiger partial charge in [0.05, 0.1) is 21.8 Å². The van der Waals surface area contributed by atoms with Crippen LogP contribution < -0.4 is 0 Å². The molecule has 3 fully saturated rings. The number of benzene rings is 2. The molecular formula is C32H37F7N2O4S. The number of rotatable bonds is 11. The van der Waals surface area contributed by atoms with Crippen LogP contribution in [0.15, 0.2) is 47.4 Å². The highest BCUT2D eigenvalue weighted by Crippen LogP contribution is 2.41. The van der Waals surface area contributed by atoms with Crippen molar-refractivity contribution < 1.29 is 49.1 Å². The van der Waals surface area contributed by atoms with Gasteiger partial charge in [0.25, 0.3) is 0 Å². The van der Waals surface area contributed by atoms with Gasteiger partial charge in [-0.2, -0.15) is 26.3 Å². The Hall–Kier alpha value is -2.71. The third kappa shape index (κ3) is 8.60. The zero-order valence-electron chi connectivity index (χ0n) is 25.0. The monoisotopic (exact) mass is 678 g/mol. The molecule has 2 saturated heterocycles. The van der Waals surface area contributed by atoms with Crippen LogP contribution in [0.2, 0.25) is 0 Å². The van der Waals surface area contributed by atoms with Crippen LogP contribution in [0.5, 0.6) is 0 Å². The molecular weight excluding hydrogens is 641 g/mol. The molecule has 0 aromatic heterocycles. The average molecular weight is 679 g/mol. The Bertz CT molecular complexity index is 1470. The fraction of sp³-hybridized carbons (Fsp3) is 0.594. The third-order valence-electron chi connectivity index (χ3n) is 9.64. The fourth-order valence-corrected chi connectivity index (χ4v) is 8.36. The first kappa shape index (κ1) is 34.6. The summed E-state index contributed by atoms with van der Waals surface area (Å²) in [5.74, 6) is -1.52. The van der Waals surface area contributed by atoms with Crippen molar-refractivity contribution in [3.63, 3.8) is 0 Å². The molecule has 254 valence electrons. The molecule has 2 aliphatic heterocycles. The van der Waals surface area contributed by atoms with Crippen LogP contribution in [-0.2, 0) is 27.0 Å². The average Bonchev–Trinajstić information content (AvgIpc) is 3.72. The van der Waals surface area contributed by atoms with Gasteiger partial charge in [-0.05, 0) is 92.4 Å². The summed E-state index contributed by atoms with van der Waals surface area (Å²) in [6.07, 6.45) is -6.37. The van der Waals surface area contributed by atoms with Crippen molar-refractivity contribution in [2.24, 2.45) is 17.8 Å². The summed E-state index contributed by atoms with van der Waals surface area (Å²) in [6, 6.07) is 6.18. The standard InChI is InChI=1S/C32H37F7N2O4S/c33-26-3-1-2-22(13-26)28-19-41(29(30(42)43)12-21-4-5-21)18-23(28)17-40-9-6-20(7-10-40)8-11-46(44,45)27-15-24(31(34,35)36)14-25(16-27)32(37,38)39/h1-3,13-16,20-21,23,28-29H,4-12,17-19H2,(H,42,43)/t23-,28+,29+/m0/s1. The summed E-state index contributed by atoms with van der Waals surface area (Å²) in [5.41, 5.74) is -2.52. The van der Waals surface area contributed by atoms with Gasteiger partial charge < -0.3 is 10.0 Å². The Morgan fingerprint density at radius 1 is 0.891 bits per heavy atom. The highest BCUT2D eigenvalue weighted by molar-refractivity contribution is 7.91. The summed E-state index contributed by atoms with van der Waals surface area (Å²) in [7, 11) is -4.42. The van der Waals surface area contributed by atoms with Crippen molar-refractivity contribution in [1.82, 2.24) is 9.80 Å². The number of piperidine rings is 1. The second kappa shape index (κ2) is 13.4. The van der Waals surface area contributed by atoms with Gasteiger partial charge in [-0.3, -0.25) is 9.69 Å². The van der Waals surface area contributed by atoms with Crippen LogP contribution in [0.25, 0.3) is 0 Å². The van der Waals surface area contributed by atoms with Gasteiger partial charge in [-0.1, -0.05) is 25.0 Å². The Morgan fingerprint density at radius 3 is 2.07 bits per heavy atom. The van der Waals surface area contributed by atoms with E-state index >= 15 is 0 Å². The zero-order valence-corrected chi connectivity index (χ0v) is 25.9. The molecule has 46 heavy (non-hydrogen) atoms. The van der Waals surface area contributed by atoms with E-state index in [2.05, 4.69) is 4.90 Å². The number of halogens is 7. The zero-order chi connectivity index (χ0) is 33.4. The number of nitrogens with zero attached hydrogens (tertiary/aromatic N) is 2. The Morgan fingerprint density at radius 2 is 1.52 bits per heavy atom. The molecule has 1 N–H and O–H groups in total. The first-order chi connectivity index (χ1) is 21.5. The minimum Gasteiger partial charge on any atom is -0.480 e. The van der Waals surface area contributed by atoms with E-state index in [9.17, 15) is 49.1 Å². The van der Waals surface area contributed by atoms with Crippen molar-refractivity contribution in [2.75, 3.05) is 38.5 Å². The maximum absolute atomic E-state index is 14.2. The van der Waals surface area contributed by atoms with E-state index in [1.807, 2.05) is 11.0 Å². The number of likely N-dealkylation sites (tertiary alicyclic amines) is 2. The highest BCUT2D eigenvalue weighted by Gasteiger charge is 2.43. The molecule has 2 aromatic rings. The fourth-order valence-electron chi connectivity index (χ4n) is 6.87. The summed E-state index contributed by atoms with van der Waals surface area (Å²) < 4.78 is 120. The van der Waals surface area contributed by atoms with Crippen molar-refractivity contribution >= 4 is 15.8 Å². The quantitative estimate of drug-likeness (QED) is 0.267. The number of carboxylic acid groups (broad SMARTS) is 1. The second-order valence-electron chi connectivity index (χ2n) is 13.0. The molecule has 0 unspecified atom stereocenters. The molecule has 3 atom stereocenters. The Labute approximate surface area is 263 Å². The van der Waals surface area contributed by atoms with E-state index in [1.165, 1.54) is 12.1 Å². The second-order valence-corrected chi connectivity index (χ2v) is 15.1. The lowest BCUT2D eigenvalue weighted by atomic mass is 9.87. The van der Waals surface area contributed by atoms with Gasteiger partial charge in [0.2, 0.25) is 0 Å². The van der Waals surface area contributed by atoms with Crippen LogP contribution in [0, 0.1) is 23.6 Å². The molecule has 1 saturated carbocycles. The Kier molecular flexibility index (Phi) is 10.1. The molecule has 0 radical (unpaired) electrons. The van der Waals surface area contributed by atoms with E-state index in [0.29, 0.717) is 57.9 Å². The predicted molar refractivity (Wildman–Crippen MR) is 155 cm³/mol. The number of alkyl halides is 6. The van der Waals surface area contributed by atoms with Gasteiger partial charge in [0.15, 0.2) is 9.84 Å². The van der Waals surface area contributed by atoms with Crippen LogP contribution in [-0.4, -0.2) is 73.8 Å². The number of carboxylic acids is 1. The van der Waals surface area contributed by atoms with Gasteiger partial charge in [-0.25, -0.2) is 12.8 Å². The van der Waals surface area contributed by atoms with E-state index in [0.717, 1.165) is 18.4 Å². The molecule has 14 heteroatoms. The Balaban J connectivity index is 1.21. The minimum atomic E-state index is -5.14. The topological polar surface area (TPSA) is 77.9 Å². The van der Waals surface area contributed by atoms with Crippen LogP contribution >= 0.6 is 0 Å². The van der Waals surface area contributed by atoms with E-state index in [4.69, 9.17) is 0 Å². The normalized spacial score (nSPS) is 23.1. The number of carbonyl (C=O) groups is 1. The molecule has 1 aliphatic carbocycles. The first-order valence-electron chi connectivity index (χ1n) is 15.5. The third-order valence-corrected chi connectivity index (χ3v) is 11.4. The predicted octanol–water partition coefficient (Wildman–Crippen LogP) is 6.71. The van der Waals surface area contributed by atoms with Crippen LogP contribution in [0.1, 0.15) is 61.1 Å². The molecule has 0 bridgehead atoms. The van der Waals surface area contributed by atoms with Crippen LogP contribution in [0.4, 0.5) is 30.7 Å². The smallest absolute Gasteiger partial charge is 0.416 e. The molecule has 5 rings (SSSR count). The minimum absolute atomic E-state index is 0.0310. The summed E-state index contributed by atoms with van der Waals surface area (Å²) in [4.78, 5) is 15.4. The van der Waals surface area contributed by atoms with Gasteiger partial charge in [0, 0.05) is 25.6 Å².